The highest BCUT2D eigenvalue weighted by atomic mass is 35.5. The molecule has 0 bridgehead atoms. The van der Waals surface area contributed by atoms with Gasteiger partial charge >= 0.3 is 0 Å². The third-order valence-corrected chi connectivity index (χ3v) is 3.63. The molecular weight excluding hydrogens is 302 g/mol. The number of rotatable bonds is 5. The summed E-state index contributed by atoms with van der Waals surface area (Å²) in [6.07, 6.45) is 3.89. The molecule has 0 saturated heterocycles. The van der Waals surface area contributed by atoms with Crippen LogP contribution in [-0.4, -0.2) is 38.0 Å². The summed E-state index contributed by atoms with van der Waals surface area (Å²) in [5, 5.41) is 18.0. The summed E-state index contributed by atoms with van der Waals surface area (Å²) in [4.78, 5) is 8.58. The van der Waals surface area contributed by atoms with E-state index >= 15 is 0 Å². The van der Waals surface area contributed by atoms with Crippen LogP contribution in [0.3, 0.4) is 0 Å². The number of hydrogen-bond acceptors (Lipinski definition) is 5. The van der Waals surface area contributed by atoms with E-state index in [1.54, 1.807) is 10.9 Å². The molecular formula is C15H16ClN5O. The van der Waals surface area contributed by atoms with Crippen LogP contribution in [0.5, 0.6) is 0 Å². The highest BCUT2D eigenvalue weighted by Crippen LogP contribution is 2.25. The molecule has 2 N–H and O–H groups in total. The van der Waals surface area contributed by atoms with Crippen molar-refractivity contribution in [2.45, 2.75) is 13.3 Å². The maximum absolute atomic E-state index is 8.87. The lowest BCUT2D eigenvalue weighted by molar-refractivity contribution is 0.292. The molecule has 2 aromatic heterocycles. The molecule has 0 atom stereocenters. The van der Waals surface area contributed by atoms with Crippen molar-refractivity contribution in [2.24, 2.45) is 0 Å². The molecule has 0 aliphatic rings. The predicted octanol–water partition coefficient (Wildman–Crippen LogP) is 2.57. The molecule has 0 aliphatic heterocycles. The number of anilines is 1. The van der Waals surface area contributed by atoms with Gasteiger partial charge in [0.1, 0.15) is 12.1 Å². The standard InChI is InChI=1S/C15H16ClN5O/c1-10-3-4-11(16)7-13(10)21-15-12(8-20-21)14(18-9-19-15)17-5-2-6-22/h3-4,7-9,22H,2,5-6H2,1H3,(H,17,18,19). The Morgan fingerprint density at radius 3 is 3.00 bits per heavy atom. The fourth-order valence-electron chi connectivity index (χ4n) is 2.26. The zero-order chi connectivity index (χ0) is 15.5. The number of aromatic nitrogens is 4. The van der Waals surface area contributed by atoms with E-state index in [2.05, 4.69) is 20.4 Å². The number of halogens is 1. The van der Waals surface area contributed by atoms with Gasteiger partial charge in [0.2, 0.25) is 0 Å². The lowest BCUT2D eigenvalue weighted by atomic mass is 10.2. The molecule has 0 unspecified atom stereocenters. The van der Waals surface area contributed by atoms with Crippen LogP contribution in [0.2, 0.25) is 5.02 Å². The quantitative estimate of drug-likeness (QED) is 0.707. The molecule has 0 fully saturated rings. The van der Waals surface area contributed by atoms with E-state index in [1.807, 2.05) is 25.1 Å². The van der Waals surface area contributed by atoms with Crippen LogP contribution in [-0.2, 0) is 0 Å². The number of aliphatic hydroxyl groups excluding tert-OH is 1. The lowest BCUT2D eigenvalue weighted by Crippen LogP contribution is -2.06. The fraction of sp³-hybridized carbons (Fsp3) is 0.267. The minimum Gasteiger partial charge on any atom is -0.396 e. The van der Waals surface area contributed by atoms with E-state index in [0.717, 1.165) is 16.6 Å². The Bertz CT molecular complexity index is 802. The van der Waals surface area contributed by atoms with Gasteiger partial charge in [0, 0.05) is 18.2 Å². The van der Waals surface area contributed by atoms with Gasteiger partial charge in [-0.05, 0) is 31.0 Å². The van der Waals surface area contributed by atoms with Crippen LogP contribution in [0.1, 0.15) is 12.0 Å². The summed E-state index contributed by atoms with van der Waals surface area (Å²) >= 11 is 6.09. The van der Waals surface area contributed by atoms with Crippen LogP contribution in [0.25, 0.3) is 16.7 Å². The molecule has 0 aliphatic carbocycles. The topological polar surface area (TPSA) is 75.9 Å². The Hall–Kier alpha value is -2.18. The summed E-state index contributed by atoms with van der Waals surface area (Å²) in [6, 6.07) is 5.67. The van der Waals surface area contributed by atoms with Crippen molar-refractivity contribution >= 4 is 28.5 Å². The SMILES string of the molecule is Cc1ccc(Cl)cc1-n1ncc2c(NCCCO)ncnc21. The fourth-order valence-corrected chi connectivity index (χ4v) is 2.42. The van der Waals surface area contributed by atoms with E-state index in [9.17, 15) is 0 Å². The van der Waals surface area contributed by atoms with Gasteiger partial charge < -0.3 is 10.4 Å². The van der Waals surface area contributed by atoms with Gasteiger partial charge in [-0.15, -0.1) is 0 Å². The number of aliphatic hydroxyl groups is 1. The van der Waals surface area contributed by atoms with Crippen molar-refractivity contribution in [3.63, 3.8) is 0 Å². The Morgan fingerprint density at radius 2 is 2.18 bits per heavy atom. The second kappa shape index (κ2) is 6.29. The number of benzene rings is 1. The predicted molar refractivity (Wildman–Crippen MR) is 86.6 cm³/mol. The molecule has 0 radical (unpaired) electrons. The van der Waals surface area contributed by atoms with E-state index in [4.69, 9.17) is 16.7 Å². The second-order valence-corrected chi connectivity index (χ2v) is 5.39. The highest BCUT2D eigenvalue weighted by Gasteiger charge is 2.12. The molecule has 1 aromatic carbocycles. The first-order valence-electron chi connectivity index (χ1n) is 7.00. The molecule has 2 heterocycles. The lowest BCUT2D eigenvalue weighted by Gasteiger charge is -2.08. The second-order valence-electron chi connectivity index (χ2n) is 4.95. The Labute approximate surface area is 132 Å². The average Bonchev–Trinajstić information content (AvgIpc) is 2.95. The Kier molecular flexibility index (Phi) is 4.22. The van der Waals surface area contributed by atoms with E-state index in [0.29, 0.717) is 29.5 Å². The third-order valence-electron chi connectivity index (χ3n) is 3.39. The van der Waals surface area contributed by atoms with Crippen molar-refractivity contribution in [1.82, 2.24) is 19.7 Å². The Morgan fingerprint density at radius 1 is 1.32 bits per heavy atom. The normalized spacial score (nSPS) is 11.0. The maximum Gasteiger partial charge on any atom is 0.168 e. The summed E-state index contributed by atoms with van der Waals surface area (Å²) in [5.41, 5.74) is 2.66. The van der Waals surface area contributed by atoms with E-state index < -0.39 is 0 Å². The van der Waals surface area contributed by atoms with Crippen LogP contribution >= 0.6 is 11.6 Å². The molecule has 3 aromatic rings. The van der Waals surface area contributed by atoms with E-state index in [1.165, 1.54) is 6.33 Å². The third kappa shape index (κ3) is 2.75. The summed E-state index contributed by atoms with van der Waals surface area (Å²) in [6.45, 7) is 2.78. The Balaban J connectivity index is 2.05. The van der Waals surface area contributed by atoms with Gasteiger partial charge in [-0.1, -0.05) is 17.7 Å². The van der Waals surface area contributed by atoms with Gasteiger partial charge in [-0.2, -0.15) is 5.10 Å². The molecule has 114 valence electrons. The monoisotopic (exact) mass is 317 g/mol. The maximum atomic E-state index is 8.87. The van der Waals surface area contributed by atoms with Gasteiger partial charge in [0.15, 0.2) is 5.65 Å². The summed E-state index contributed by atoms with van der Waals surface area (Å²) in [5.74, 6) is 0.712. The van der Waals surface area contributed by atoms with Gasteiger partial charge in [-0.25, -0.2) is 14.6 Å². The number of aryl methyl sites for hydroxylation is 1. The van der Waals surface area contributed by atoms with Crippen LogP contribution < -0.4 is 5.32 Å². The molecule has 0 saturated carbocycles. The number of hydrogen-bond donors (Lipinski definition) is 2. The largest absolute Gasteiger partial charge is 0.396 e. The minimum atomic E-state index is 0.141. The van der Waals surface area contributed by atoms with Crippen LogP contribution in [0, 0.1) is 6.92 Å². The minimum absolute atomic E-state index is 0.141. The molecule has 22 heavy (non-hydrogen) atoms. The number of nitrogens with one attached hydrogen (secondary N) is 1. The number of nitrogens with zero attached hydrogens (tertiary/aromatic N) is 4. The zero-order valence-electron chi connectivity index (χ0n) is 12.1. The van der Waals surface area contributed by atoms with Gasteiger partial charge in [-0.3, -0.25) is 0 Å². The molecule has 0 spiro atoms. The summed E-state index contributed by atoms with van der Waals surface area (Å²) < 4.78 is 1.76. The van der Waals surface area contributed by atoms with Crippen LogP contribution in [0.4, 0.5) is 5.82 Å². The van der Waals surface area contributed by atoms with Crippen molar-refractivity contribution in [1.29, 1.82) is 0 Å². The van der Waals surface area contributed by atoms with Gasteiger partial charge in [0.25, 0.3) is 0 Å². The average molecular weight is 318 g/mol. The zero-order valence-corrected chi connectivity index (χ0v) is 12.9. The van der Waals surface area contributed by atoms with Crippen molar-refractivity contribution < 1.29 is 5.11 Å². The van der Waals surface area contributed by atoms with Crippen molar-refractivity contribution in [3.8, 4) is 5.69 Å². The first-order valence-corrected chi connectivity index (χ1v) is 7.38. The first kappa shape index (κ1) is 14.7. The van der Waals surface area contributed by atoms with Crippen molar-refractivity contribution in [3.05, 3.63) is 41.3 Å². The van der Waals surface area contributed by atoms with E-state index in [-0.39, 0.29) is 6.61 Å². The molecule has 6 nitrogen and oxygen atoms in total. The van der Waals surface area contributed by atoms with Gasteiger partial charge in [0.05, 0.1) is 17.3 Å². The van der Waals surface area contributed by atoms with Crippen LogP contribution in [0.15, 0.2) is 30.7 Å². The molecule has 0 amide bonds. The number of fused-ring (bicyclic) bond motifs is 1. The first-order chi connectivity index (χ1) is 10.7. The molecule has 7 heteroatoms. The molecule has 3 rings (SSSR count). The smallest absolute Gasteiger partial charge is 0.168 e. The highest BCUT2D eigenvalue weighted by molar-refractivity contribution is 6.30. The van der Waals surface area contributed by atoms with Crippen molar-refractivity contribution in [2.75, 3.05) is 18.5 Å². The summed E-state index contributed by atoms with van der Waals surface area (Å²) in [7, 11) is 0.